The monoisotopic (exact) mass is 290 g/mol. The van der Waals surface area contributed by atoms with E-state index >= 15 is 0 Å². The molecule has 1 aromatic rings. The summed E-state index contributed by atoms with van der Waals surface area (Å²) >= 11 is 0. The van der Waals surface area contributed by atoms with Gasteiger partial charge in [-0.2, -0.15) is 0 Å². The maximum atomic E-state index is 14.2. The molecule has 3 heteroatoms. The van der Waals surface area contributed by atoms with Crippen molar-refractivity contribution in [1.82, 2.24) is 4.90 Å². The van der Waals surface area contributed by atoms with Crippen molar-refractivity contribution in [2.75, 3.05) is 31.1 Å². The predicted molar refractivity (Wildman–Crippen MR) is 86.4 cm³/mol. The molecule has 0 radical (unpaired) electrons. The van der Waals surface area contributed by atoms with Crippen LogP contribution < -0.4 is 4.90 Å². The average Bonchev–Trinajstić information content (AvgIpc) is 2.56. The SMILES string of the molecule is CCc1ccc(N2CCN(C3CCCCC3)CC2)c(F)c1. The highest BCUT2D eigenvalue weighted by molar-refractivity contribution is 5.49. The van der Waals surface area contributed by atoms with Crippen LogP contribution in [0.4, 0.5) is 10.1 Å². The van der Waals surface area contributed by atoms with Crippen LogP contribution in [0.5, 0.6) is 0 Å². The summed E-state index contributed by atoms with van der Waals surface area (Å²) in [4.78, 5) is 4.85. The van der Waals surface area contributed by atoms with E-state index in [-0.39, 0.29) is 5.82 Å². The molecule has 0 atom stereocenters. The first-order chi connectivity index (χ1) is 10.3. The number of piperazine rings is 1. The van der Waals surface area contributed by atoms with Crippen molar-refractivity contribution in [3.63, 3.8) is 0 Å². The summed E-state index contributed by atoms with van der Waals surface area (Å²) in [5, 5.41) is 0. The van der Waals surface area contributed by atoms with Crippen molar-refractivity contribution in [3.05, 3.63) is 29.6 Å². The Bertz CT molecular complexity index is 460. The topological polar surface area (TPSA) is 6.48 Å². The second kappa shape index (κ2) is 6.78. The molecule has 116 valence electrons. The van der Waals surface area contributed by atoms with Gasteiger partial charge < -0.3 is 4.90 Å². The minimum atomic E-state index is -0.0551. The van der Waals surface area contributed by atoms with Crippen LogP contribution in [0.1, 0.15) is 44.6 Å². The van der Waals surface area contributed by atoms with E-state index in [9.17, 15) is 4.39 Å². The van der Waals surface area contributed by atoms with E-state index in [1.807, 2.05) is 6.07 Å². The van der Waals surface area contributed by atoms with E-state index in [0.29, 0.717) is 0 Å². The van der Waals surface area contributed by atoms with Crippen LogP contribution in [0, 0.1) is 5.82 Å². The first kappa shape index (κ1) is 14.8. The molecule has 2 fully saturated rings. The highest BCUT2D eigenvalue weighted by Crippen LogP contribution is 2.26. The van der Waals surface area contributed by atoms with Gasteiger partial charge in [0.15, 0.2) is 0 Å². The molecule has 3 rings (SSSR count). The average molecular weight is 290 g/mol. The molecule has 0 bridgehead atoms. The Labute approximate surface area is 127 Å². The number of anilines is 1. The number of nitrogens with zero attached hydrogens (tertiary/aromatic N) is 2. The van der Waals surface area contributed by atoms with E-state index in [1.54, 1.807) is 6.07 Å². The van der Waals surface area contributed by atoms with Gasteiger partial charge in [0, 0.05) is 32.2 Å². The third-order valence-electron chi connectivity index (χ3n) is 5.17. The second-order valence-corrected chi connectivity index (χ2v) is 6.45. The summed E-state index contributed by atoms with van der Waals surface area (Å²) < 4.78 is 14.2. The van der Waals surface area contributed by atoms with Crippen LogP contribution in [0.2, 0.25) is 0 Å². The minimum absolute atomic E-state index is 0.0551. The van der Waals surface area contributed by atoms with Gasteiger partial charge in [-0.15, -0.1) is 0 Å². The highest BCUT2D eigenvalue weighted by Gasteiger charge is 2.25. The molecule has 2 aliphatic rings. The third-order valence-corrected chi connectivity index (χ3v) is 5.17. The Morgan fingerprint density at radius 1 is 1.05 bits per heavy atom. The van der Waals surface area contributed by atoms with E-state index in [0.717, 1.165) is 49.9 Å². The Morgan fingerprint density at radius 2 is 1.76 bits per heavy atom. The molecule has 0 amide bonds. The number of hydrogen-bond donors (Lipinski definition) is 0. The van der Waals surface area contributed by atoms with Crippen molar-refractivity contribution < 1.29 is 4.39 Å². The molecule has 1 aliphatic carbocycles. The summed E-state index contributed by atoms with van der Waals surface area (Å²) in [6.07, 6.45) is 7.80. The molecule has 1 saturated carbocycles. The maximum Gasteiger partial charge on any atom is 0.146 e. The van der Waals surface area contributed by atoms with Crippen LogP contribution in [0.3, 0.4) is 0 Å². The van der Waals surface area contributed by atoms with Gasteiger partial charge >= 0.3 is 0 Å². The standard InChI is InChI=1S/C18H27FN2/c1-2-15-8-9-18(17(19)14-15)21-12-10-20(11-13-21)16-6-4-3-5-7-16/h8-9,14,16H,2-7,10-13H2,1H3. The van der Waals surface area contributed by atoms with Gasteiger partial charge in [-0.1, -0.05) is 32.3 Å². The number of hydrogen-bond acceptors (Lipinski definition) is 2. The van der Waals surface area contributed by atoms with Crippen LogP contribution in [-0.2, 0) is 6.42 Å². The lowest BCUT2D eigenvalue weighted by Gasteiger charge is -2.41. The van der Waals surface area contributed by atoms with Crippen molar-refractivity contribution in [2.24, 2.45) is 0 Å². The zero-order valence-corrected chi connectivity index (χ0v) is 13.2. The number of rotatable bonds is 3. The predicted octanol–water partition coefficient (Wildman–Crippen LogP) is 3.84. The lowest BCUT2D eigenvalue weighted by molar-refractivity contribution is 0.147. The van der Waals surface area contributed by atoms with Crippen molar-refractivity contribution >= 4 is 5.69 Å². The van der Waals surface area contributed by atoms with Gasteiger partial charge in [0.25, 0.3) is 0 Å². The molecule has 0 unspecified atom stereocenters. The van der Waals surface area contributed by atoms with Gasteiger partial charge in [0.1, 0.15) is 5.82 Å². The smallest absolute Gasteiger partial charge is 0.146 e. The Hall–Kier alpha value is -1.09. The summed E-state index contributed by atoms with van der Waals surface area (Å²) in [6.45, 7) is 6.15. The van der Waals surface area contributed by atoms with E-state index in [2.05, 4.69) is 22.8 Å². The van der Waals surface area contributed by atoms with Crippen molar-refractivity contribution in [1.29, 1.82) is 0 Å². The molecule has 21 heavy (non-hydrogen) atoms. The first-order valence-electron chi connectivity index (χ1n) is 8.55. The van der Waals surface area contributed by atoms with E-state index in [1.165, 1.54) is 32.1 Å². The number of halogens is 1. The lowest BCUT2D eigenvalue weighted by atomic mass is 9.94. The highest BCUT2D eigenvalue weighted by atomic mass is 19.1. The van der Waals surface area contributed by atoms with E-state index in [4.69, 9.17) is 0 Å². The summed E-state index contributed by atoms with van der Waals surface area (Å²) in [5.41, 5.74) is 1.87. The zero-order valence-electron chi connectivity index (χ0n) is 13.2. The van der Waals surface area contributed by atoms with Crippen molar-refractivity contribution in [3.8, 4) is 0 Å². The normalized spacial score (nSPS) is 21.7. The Kier molecular flexibility index (Phi) is 4.79. The molecule has 0 aromatic heterocycles. The third kappa shape index (κ3) is 3.39. The summed E-state index contributed by atoms with van der Waals surface area (Å²) in [7, 11) is 0. The fourth-order valence-electron chi connectivity index (χ4n) is 3.80. The fourth-order valence-corrected chi connectivity index (χ4v) is 3.80. The van der Waals surface area contributed by atoms with E-state index < -0.39 is 0 Å². The van der Waals surface area contributed by atoms with Gasteiger partial charge in [0.05, 0.1) is 5.69 Å². The molecule has 1 saturated heterocycles. The second-order valence-electron chi connectivity index (χ2n) is 6.45. The summed E-state index contributed by atoms with van der Waals surface area (Å²) in [5.74, 6) is -0.0551. The molecule has 0 spiro atoms. The summed E-state index contributed by atoms with van der Waals surface area (Å²) in [6, 6.07) is 6.51. The number of benzene rings is 1. The van der Waals surface area contributed by atoms with Crippen LogP contribution >= 0.6 is 0 Å². The van der Waals surface area contributed by atoms with Gasteiger partial charge in [-0.25, -0.2) is 4.39 Å². The van der Waals surface area contributed by atoms with Crippen LogP contribution in [0.25, 0.3) is 0 Å². The largest absolute Gasteiger partial charge is 0.367 e. The van der Waals surface area contributed by atoms with Crippen molar-refractivity contribution in [2.45, 2.75) is 51.5 Å². The van der Waals surface area contributed by atoms with Crippen LogP contribution in [-0.4, -0.2) is 37.1 Å². The molecule has 0 N–H and O–H groups in total. The minimum Gasteiger partial charge on any atom is -0.367 e. The van der Waals surface area contributed by atoms with Gasteiger partial charge in [0.2, 0.25) is 0 Å². The quantitative estimate of drug-likeness (QED) is 0.834. The molecule has 1 aliphatic heterocycles. The lowest BCUT2D eigenvalue weighted by Crippen LogP contribution is -2.51. The Morgan fingerprint density at radius 3 is 2.38 bits per heavy atom. The van der Waals surface area contributed by atoms with Gasteiger partial charge in [-0.3, -0.25) is 4.90 Å². The molecule has 2 nitrogen and oxygen atoms in total. The van der Waals surface area contributed by atoms with Gasteiger partial charge in [-0.05, 0) is 37.0 Å². The Balaban J connectivity index is 1.60. The molecular weight excluding hydrogens is 263 g/mol. The number of aryl methyl sites for hydroxylation is 1. The first-order valence-corrected chi connectivity index (χ1v) is 8.55. The fraction of sp³-hybridized carbons (Fsp3) is 0.667. The molecule has 1 aromatic carbocycles. The van der Waals surface area contributed by atoms with Crippen LogP contribution in [0.15, 0.2) is 18.2 Å². The maximum absolute atomic E-state index is 14.2. The zero-order chi connectivity index (χ0) is 14.7. The molecule has 1 heterocycles. The molecular formula is C18H27FN2.